The van der Waals surface area contributed by atoms with Gasteiger partial charge >= 0.3 is 0 Å². The molecule has 1 heterocycles. The highest BCUT2D eigenvalue weighted by Crippen LogP contribution is 2.40. The molecule has 0 aliphatic rings. The van der Waals surface area contributed by atoms with E-state index in [-0.39, 0.29) is 24.7 Å². The molecule has 0 aliphatic heterocycles. The maximum atomic E-state index is 10.1. The van der Waals surface area contributed by atoms with Gasteiger partial charge in [0.1, 0.15) is 11.5 Å². The van der Waals surface area contributed by atoms with Gasteiger partial charge in [-0.25, -0.2) is 0 Å². The van der Waals surface area contributed by atoms with Gasteiger partial charge in [0.05, 0.1) is 23.3 Å². The lowest BCUT2D eigenvalue weighted by Crippen LogP contribution is -2.03. The SMILES string of the molecule is Nc1cc(N)c2c(c1)c1cc(O)cc(O)c1n2CCO. The van der Waals surface area contributed by atoms with Crippen LogP contribution in [0.2, 0.25) is 0 Å². The van der Waals surface area contributed by atoms with E-state index < -0.39 is 0 Å². The van der Waals surface area contributed by atoms with Crippen LogP contribution >= 0.6 is 0 Å². The van der Waals surface area contributed by atoms with E-state index in [9.17, 15) is 15.3 Å². The van der Waals surface area contributed by atoms with Gasteiger partial charge in [0.15, 0.2) is 0 Å². The number of nitrogen functional groups attached to an aromatic ring is 2. The lowest BCUT2D eigenvalue weighted by Gasteiger charge is -2.08. The highest BCUT2D eigenvalue weighted by atomic mass is 16.3. The molecule has 0 atom stereocenters. The summed E-state index contributed by atoms with van der Waals surface area (Å²) in [5, 5.41) is 30.4. The van der Waals surface area contributed by atoms with Crippen LogP contribution in [0.5, 0.6) is 11.5 Å². The van der Waals surface area contributed by atoms with Gasteiger partial charge in [-0.15, -0.1) is 0 Å². The molecule has 0 bridgehead atoms. The summed E-state index contributed by atoms with van der Waals surface area (Å²) in [7, 11) is 0. The maximum absolute atomic E-state index is 10.1. The Balaban J connectivity index is 2.59. The van der Waals surface area contributed by atoms with Gasteiger partial charge in [0.25, 0.3) is 0 Å². The highest BCUT2D eigenvalue weighted by molar-refractivity contribution is 6.14. The molecular formula is C14H15N3O3. The highest BCUT2D eigenvalue weighted by Gasteiger charge is 2.17. The van der Waals surface area contributed by atoms with E-state index in [2.05, 4.69) is 0 Å². The van der Waals surface area contributed by atoms with Gasteiger partial charge in [-0.1, -0.05) is 0 Å². The van der Waals surface area contributed by atoms with Crippen molar-refractivity contribution in [3.63, 3.8) is 0 Å². The first-order valence-electron chi connectivity index (χ1n) is 6.16. The second kappa shape index (κ2) is 4.21. The number of nitrogens with zero attached hydrogens (tertiary/aromatic N) is 1. The van der Waals surface area contributed by atoms with Crippen molar-refractivity contribution in [1.82, 2.24) is 4.57 Å². The Morgan fingerprint density at radius 2 is 1.65 bits per heavy atom. The summed E-state index contributed by atoms with van der Waals surface area (Å²) in [5.74, 6) is -0.110. The normalized spacial score (nSPS) is 11.4. The van der Waals surface area contributed by atoms with E-state index in [0.29, 0.717) is 27.8 Å². The molecule has 0 unspecified atom stereocenters. The summed E-state index contributed by atoms with van der Waals surface area (Å²) < 4.78 is 1.73. The number of aliphatic hydroxyl groups excluding tert-OH is 1. The predicted molar refractivity (Wildman–Crippen MR) is 78.7 cm³/mol. The van der Waals surface area contributed by atoms with Crippen LogP contribution in [0, 0.1) is 0 Å². The molecule has 0 aliphatic carbocycles. The third-order valence-electron chi connectivity index (χ3n) is 3.39. The fourth-order valence-corrected chi connectivity index (χ4v) is 2.72. The number of fused-ring (bicyclic) bond motifs is 3. The first kappa shape index (κ1) is 12.4. The van der Waals surface area contributed by atoms with E-state index >= 15 is 0 Å². The van der Waals surface area contributed by atoms with Crippen LogP contribution in [0.3, 0.4) is 0 Å². The molecule has 0 spiro atoms. The molecule has 6 heteroatoms. The number of nitrogens with two attached hydrogens (primary N) is 2. The minimum Gasteiger partial charge on any atom is -0.508 e. The van der Waals surface area contributed by atoms with Crippen LogP contribution in [-0.4, -0.2) is 26.5 Å². The van der Waals surface area contributed by atoms with E-state index in [1.807, 2.05) is 0 Å². The molecule has 1 aromatic heterocycles. The van der Waals surface area contributed by atoms with Crippen LogP contribution in [-0.2, 0) is 6.54 Å². The number of anilines is 2. The average Bonchev–Trinajstić information content (AvgIpc) is 2.64. The fourth-order valence-electron chi connectivity index (χ4n) is 2.72. The molecule has 0 saturated carbocycles. The maximum Gasteiger partial charge on any atom is 0.143 e. The molecule has 7 N–H and O–H groups in total. The molecule has 0 amide bonds. The number of hydrogen-bond donors (Lipinski definition) is 5. The van der Waals surface area contributed by atoms with Crippen LogP contribution in [0.1, 0.15) is 0 Å². The van der Waals surface area contributed by atoms with Crippen molar-refractivity contribution in [3.05, 3.63) is 24.3 Å². The quantitative estimate of drug-likeness (QED) is 0.452. The summed E-state index contributed by atoms with van der Waals surface area (Å²) >= 11 is 0. The Kier molecular flexibility index (Phi) is 2.62. The minimum atomic E-state index is -0.0942. The summed E-state index contributed by atoms with van der Waals surface area (Å²) in [4.78, 5) is 0. The molecule has 0 saturated heterocycles. The van der Waals surface area contributed by atoms with Crippen molar-refractivity contribution in [3.8, 4) is 11.5 Å². The van der Waals surface area contributed by atoms with Crippen molar-refractivity contribution < 1.29 is 15.3 Å². The number of benzene rings is 2. The zero-order chi connectivity index (χ0) is 14.4. The van der Waals surface area contributed by atoms with Gasteiger partial charge < -0.3 is 31.4 Å². The monoisotopic (exact) mass is 273 g/mol. The first-order chi connectivity index (χ1) is 9.52. The van der Waals surface area contributed by atoms with Crippen molar-refractivity contribution in [1.29, 1.82) is 0 Å². The van der Waals surface area contributed by atoms with Crippen LogP contribution in [0.4, 0.5) is 11.4 Å². The van der Waals surface area contributed by atoms with Crippen LogP contribution in [0.25, 0.3) is 21.8 Å². The molecule has 0 radical (unpaired) electrons. The summed E-state index contributed by atoms with van der Waals surface area (Å²) in [6, 6.07) is 6.17. The lowest BCUT2D eigenvalue weighted by molar-refractivity contribution is 0.279. The van der Waals surface area contributed by atoms with Crippen LogP contribution < -0.4 is 11.5 Å². The smallest absolute Gasteiger partial charge is 0.143 e. The molecule has 3 rings (SSSR count). The van der Waals surface area contributed by atoms with E-state index in [0.717, 1.165) is 5.39 Å². The third-order valence-corrected chi connectivity index (χ3v) is 3.39. The number of aromatic hydroxyl groups is 2. The molecule has 3 aromatic rings. The Morgan fingerprint density at radius 1 is 0.950 bits per heavy atom. The third kappa shape index (κ3) is 1.62. The Bertz CT molecular complexity index is 758. The number of phenols is 2. The van der Waals surface area contributed by atoms with Crippen LogP contribution in [0.15, 0.2) is 24.3 Å². The van der Waals surface area contributed by atoms with E-state index in [1.165, 1.54) is 6.07 Å². The topological polar surface area (TPSA) is 118 Å². The van der Waals surface area contributed by atoms with E-state index in [1.54, 1.807) is 22.8 Å². The van der Waals surface area contributed by atoms with Crippen molar-refractivity contribution >= 4 is 33.2 Å². The number of aromatic nitrogens is 1. The van der Waals surface area contributed by atoms with E-state index in [4.69, 9.17) is 11.5 Å². The number of phenolic OH excluding ortho intramolecular Hbond substituents is 2. The van der Waals surface area contributed by atoms with Gasteiger partial charge in [0.2, 0.25) is 0 Å². The fraction of sp³-hybridized carbons (Fsp3) is 0.143. The number of hydrogen-bond acceptors (Lipinski definition) is 5. The van der Waals surface area contributed by atoms with Gasteiger partial charge in [-0.2, -0.15) is 0 Å². The predicted octanol–water partition coefficient (Wildman–Crippen LogP) is 1.36. The summed E-state index contributed by atoms with van der Waals surface area (Å²) in [5.41, 5.74) is 14.0. The molecule has 104 valence electrons. The van der Waals surface area contributed by atoms with Crippen molar-refractivity contribution in [2.75, 3.05) is 18.1 Å². The Labute approximate surface area is 114 Å². The number of aliphatic hydroxyl groups is 1. The lowest BCUT2D eigenvalue weighted by atomic mass is 10.1. The molecule has 0 fully saturated rings. The Hall–Kier alpha value is -2.60. The first-order valence-corrected chi connectivity index (χ1v) is 6.16. The standard InChI is InChI=1S/C14H15N3O3/c15-7-3-9-10-5-8(19)6-12(20)14(10)17(1-2-18)13(9)11(16)4-7/h3-6,18-20H,1-2,15-16H2. The molecule has 20 heavy (non-hydrogen) atoms. The van der Waals surface area contributed by atoms with Gasteiger partial charge in [-0.3, -0.25) is 0 Å². The average molecular weight is 273 g/mol. The zero-order valence-electron chi connectivity index (χ0n) is 10.7. The number of rotatable bonds is 2. The molecular weight excluding hydrogens is 258 g/mol. The second-order valence-corrected chi connectivity index (χ2v) is 4.74. The largest absolute Gasteiger partial charge is 0.508 e. The van der Waals surface area contributed by atoms with Crippen molar-refractivity contribution in [2.24, 2.45) is 0 Å². The molecule has 2 aromatic carbocycles. The Morgan fingerprint density at radius 3 is 2.35 bits per heavy atom. The molecule has 6 nitrogen and oxygen atoms in total. The second-order valence-electron chi connectivity index (χ2n) is 4.74. The summed E-state index contributed by atoms with van der Waals surface area (Å²) in [6.07, 6.45) is 0. The summed E-state index contributed by atoms with van der Waals surface area (Å²) in [6.45, 7) is 0.190. The van der Waals surface area contributed by atoms with Gasteiger partial charge in [0, 0.05) is 29.1 Å². The van der Waals surface area contributed by atoms with Crippen molar-refractivity contribution in [2.45, 2.75) is 6.54 Å². The minimum absolute atomic E-state index is 0.0426. The van der Waals surface area contributed by atoms with Gasteiger partial charge in [-0.05, 0) is 18.2 Å². The zero-order valence-corrected chi connectivity index (χ0v) is 10.7.